The monoisotopic (exact) mass is 238 g/mol. The lowest BCUT2D eigenvalue weighted by molar-refractivity contribution is 0.595. The maximum Gasteiger partial charge on any atom is 0.0962 e. The third-order valence-electron chi connectivity index (χ3n) is 2.67. The zero-order valence-corrected chi connectivity index (χ0v) is 11.5. The lowest BCUT2D eigenvalue weighted by Gasteiger charge is -2.13. The number of aromatic nitrogens is 1. The molecule has 0 aliphatic carbocycles. The average molecular weight is 238 g/mol. The zero-order valence-electron chi connectivity index (χ0n) is 10.7. The molecule has 16 heavy (non-hydrogen) atoms. The second-order valence-corrected chi connectivity index (χ2v) is 5.50. The quantitative estimate of drug-likeness (QED) is 0.766. The molecule has 0 fully saturated rings. The van der Waals surface area contributed by atoms with Crippen LogP contribution in [0.3, 0.4) is 0 Å². The summed E-state index contributed by atoms with van der Waals surface area (Å²) in [5.41, 5.74) is 1.26. The normalized spacial score (nSPS) is 14.8. The Morgan fingerprint density at radius 2 is 2.06 bits per heavy atom. The molecular formula is C13H22N2S. The molecule has 2 atom stereocenters. The van der Waals surface area contributed by atoms with Crippen molar-refractivity contribution in [3.05, 3.63) is 23.9 Å². The zero-order chi connectivity index (χ0) is 12.0. The summed E-state index contributed by atoms with van der Waals surface area (Å²) in [6.45, 7) is 9.73. The van der Waals surface area contributed by atoms with E-state index in [9.17, 15) is 0 Å². The van der Waals surface area contributed by atoms with Gasteiger partial charge in [-0.3, -0.25) is 0 Å². The van der Waals surface area contributed by atoms with Crippen LogP contribution in [0.4, 0.5) is 0 Å². The minimum absolute atomic E-state index is 0.389. The van der Waals surface area contributed by atoms with Crippen molar-refractivity contribution >= 4 is 11.8 Å². The molecule has 1 heterocycles. The van der Waals surface area contributed by atoms with Crippen molar-refractivity contribution in [3.8, 4) is 0 Å². The molecule has 0 radical (unpaired) electrons. The van der Waals surface area contributed by atoms with Gasteiger partial charge in [0.2, 0.25) is 0 Å². The number of hydrogen-bond donors (Lipinski definition) is 1. The molecule has 0 aliphatic heterocycles. The van der Waals surface area contributed by atoms with E-state index in [1.165, 1.54) is 12.0 Å². The minimum Gasteiger partial charge on any atom is -0.310 e. The molecule has 2 nitrogen and oxygen atoms in total. The molecule has 0 aromatic carbocycles. The number of thioether (sulfide) groups is 1. The van der Waals surface area contributed by atoms with Gasteiger partial charge in [-0.2, -0.15) is 0 Å². The smallest absolute Gasteiger partial charge is 0.0962 e. The maximum atomic E-state index is 4.49. The number of nitrogens with zero attached hydrogens (tertiary/aromatic N) is 1. The van der Waals surface area contributed by atoms with Gasteiger partial charge in [-0.05, 0) is 31.5 Å². The van der Waals surface area contributed by atoms with E-state index in [-0.39, 0.29) is 0 Å². The lowest BCUT2D eigenvalue weighted by Crippen LogP contribution is -2.17. The Bertz CT molecular complexity index is 297. The van der Waals surface area contributed by atoms with Crippen LogP contribution in [0.1, 0.15) is 45.7 Å². The van der Waals surface area contributed by atoms with Gasteiger partial charge in [-0.15, -0.1) is 11.8 Å². The minimum atomic E-state index is 0.389. The van der Waals surface area contributed by atoms with Crippen molar-refractivity contribution in [1.82, 2.24) is 10.3 Å². The number of rotatable bonds is 6. The van der Waals surface area contributed by atoms with Crippen LogP contribution in [0.2, 0.25) is 0 Å². The summed E-state index contributed by atoms with van der Waals surface area (Å²) in [5.74, 6) is 0. The third-order valence-corrected chi connectivity index (χ3v) is 3.89. The lowest BCUT2D eigenvalue weighted by atomic mass is 10.1. The first-order chi connectivity index (χ1) is 7.67. The van der Waals surface area contributed by atoms with Gasteiger partial charge in [0.15, 0.2) is 0 Å². The molecule has 3 heteroatoms. The summed E-state index contributed by atoms with van der Waals surface area (Å²) in [4.78, 5) is 4.49. The molecular weight excluding hydrogens is 216 g/mol. The van der Waals surface area contributed by atoms with Crippen molar-refractivity contribution in [3.63, 3.8) is 0 Å². The number of hydrogen-bond acceptors (Lipinski definition) is 3. The van der Waals surface area contributed by atoms with Gasteiger partial charge in [0.05, 0.1) is 5.03 Å². The molecule has 0 aliphatic rings. The van der Waals surface area contributed by atoms with Gasteiger partial charge in [0, 0.05) is 17.5 Å². The molecule has 0 spiro atoms. The van der Waals surface area contributed by atoms with Crippen molar-refractivity contribution in [2.75, 3.05) is 6.54 Å². The Hall–Kier alpha value is -0.540. The molecule has 0 saturated carbocycles. The van der Waals surface area contributed by atoms with Gasteiger partial charge in [-0.1, -0.05) is 26.8 Å². The average Bonchev–Trinajstić information content (AvgIpc) is 2.30. The maximum absolute atomic E-state index is 4.49. The Balaban J connectivity index is 2.60. The van der Waals surface area contributed by atoms with Crippen LogP contribution in [-0.2, 0) is 0 Å². The first-order valence-corrected chi connectivity index (χ1v) is 6.91. The van der Waals surface area contributed by atoms with E-state index in [2.05, 4.69) is 50.1 Å². The van der Waals surface area contributed by atoms with Gasteiger partial charge < -0.3 is 5.32 Å². The van der Waals surface area contributed by atoms with E-state index < -0.39 is 0 Å². The van der Waals surface area contributed by atoms with Gasteiger partial charge in [0.1, 0.15) is 0 Å². The molecule has 0 saturated heterocycles. The van der Waals surface area contributed by atoms with Crippen LogP contribution < -0.4 is 5.32 Å². The van der Waals surface area contributed by atoms with Crippen LogP contribution in [0.5, 0.6) is 0 Å². The van der Waals surface area contributed by atoms with E-state index in [1.807, 2.05) is 18.0 Å². The van der Waals surface area contributed by atoms with Crippen molar-refractivity contribution in [1.29, 1.82) is 0 Å². The second kappa shape index (κ2) is 6.92. The van der Waals surface area contributed by atoms with Crippen LogP contribution in [-0.4, -0.2) is 16.8 Å². The highest BCUT2D eigenvalue weighted by Crippen LogP contribution is 2.23. The Morgan fingerprint density at radius 1 is 1.31 bits per heavy atom. The fraction of sp³-hybridized carbons (Fsp3) is 0.615. The molecule has 0 amide bonds. The van der Waals surface area contributed by atoms with Crippen LogP contribution in [0.25, 0.3) is 0 Å². The topological polar surface area (TPSA) is 24.9 Å². The summed E-state index contributed by atoms with van der Waals surface area (Å²) in [6.07, 6.45) is 3.17. The largest absolute Gasteiger partial charge is 0.310 e. The molecule has 1 N–H and O–H groups in total. The summed E-state index contributed by atoms with van der Waals surface area (Å²) < 4.78 is 0. The Morgan fingerprint density at radius 3 is 2.56 bits per heavy atom. The summed E-state index contributed by atoms with van der Waals surface area (Å²) in [7, 11) is 0. The van der Waals surface area contributed by atoms with Gasteiger partial charge in [0.25, 0.3) is 0 Å². The number of nitrogens with one attached hydrogen (secondary N) is 1. The van der Waals surface area contributed by atoms with Crippen LogP contribution in [0, 0.1) is 0 Å². The van der Waals surface area contributed by atoms with E-state index in [0.29, 0.717) is 11.3 Å². The Kier molecular flexibility index (Phi) is 5.85. The molecule has 1 aromatic heterocycles. The van der Waals surface area contributed by atoms with Gasteiger partial charge >= 0.3 is 0 Å². The van der Waals surface area contributed by atoms with Gasteiger partial charge in [-0.25, -0.2) is 4.98 Å². The summed E-state index contributed by atoms with van der Waals surface area (Å²) >= 11 is 1.85. The van der Waals surface area contributed by atoms with Crippen molar-refractivity contribution in [2.45, 2.75) is 50.4 Å². The van der Waals surface area contributed by atoms with Crippen LogP contribution >= 0.6 is 11.8 Å². The highest BCUT2D eigenvalue weighted by atomic mass is 32.2. The van der Waals surface area contributed by atoms with Crippen molar-refractivity contribution < 1.29 is 0 Å². The summed E-state index contributed by atoms with van der Waals surface area (Å²) in [6, 6.07) is 4.69. The van der Waals surface area contributed by atoms with E-state index in [4.69, 9.17) is 0 Å². The fourth-order valence-electron chi connectivity index (χ4n) is 1.43. The third kappa shape index (κ3) is 4.14. The molecule has 1 rings (SSSR count). The second-order valence-electron chi connectivity index (χ2n) is 4.05. The Labute approximate surface area is 103 Å². The highest BCUT2D eigenvalue weighted by molar-refractivity contribution is 7.99. The first-order valence-electron chi connectivity index (χ1n) is 6.03. The van der Waals surface area contributed by atoms with Crippen LogP contribution in [0.15, 0.2) is 23.4 Å². The fourth-order valence-corrected chi connectivity index (χ4v) is 2.27. The van der Waals surface area contributed by atoms with E-state index in [0.717, 1.165) is 11.6 Å². The van der Waals surface area contributed by atoms with Crippen molar-refractivity contribution in [2.24, 2.45) is 0 Å². The number of pyridine rings is 1. The predicted molar refractivity (Wildman–Crippen MR) is 71.9 cm³/mol. The molecule has 0 bridgehead atoms. The van der Waals surface area contributed by atoms with E-state index >= 15 is 0 Å². The predicted octanol–water partition coefficient (Wildman–Crippen LogP) is 3.64. The standard InChI is InChI=1S/C13H22N2S/c1-5-10(3)16-13-8-7-12(9-15-13)11(4)14-6-2/h7-11,14H,5-6H2,1-4H3. The van der Waals surface area contributed by atoms with E-state index in [1.54, 1.807) is 0 Å². The molecule has 90 valence electrons. The molecule has 1 aromatic rings. The summed E-state index contributed by atoms with van der Waals surface area (Å²) in [5, 5.41) is 5.16. The highest BCUT2D eigenvalue weighted by Gasteiger charge is 2.06. The molecule has 2 unspecified atom stereocenters. The first kappa shape index (κ1) is 13.5. The SMILES string of the molecule is CCNC(C)c1ccc(SC(C)CC)nc1.